The van der Waals surface area contributed by atoms with E-state index in [9.17, 15) is 10.0 Å². The van der Waals surface area contributed by atoms with E-state index in [1.165, 1.54) is 57.5 Å². The van der Waals surface area contributed by atoms with Gasteiger partial charge in [0.05, 0.1) is 5.56 Å². The summed E-state index contributed by atoms with van der Waals surface area (Å²) in [6.07, 6.45) is 13.0. The molecule has 2 fully saturated rings. The number of hydrogen-bond acceptors (Lipinski definition) is 3. The molecule has 0 spiro atoms. The molecule has 3 rings (SSSR count). The zero-order valence-electron chi connectivity index (χ0n) is 13.7. The molecule has 23 heavy (non-hydrogen) atoms. The summed E-state index contributed by atoms with van der Waals surface area (Å²) >= 11 is 0. The number of hydrogen-bond donors (Lipinski definition) is 1. The van der Waals surface area contributed by atoms with E-state index < -0.39 is 0 Å². The molecule has 1 saturated carbocycles. The number of pyridine rings is 1. The molecule has 0 radical (unpaired) electrons. The molecule has 126 valence electrons. The highest BCUT2D eigenvalue weighted by molar-refractivity contribution is 5.94. The Labute approximate surface area is 138 Å². The topological polar surface area (TPSA) is 59.3 Å². The molecule has 1 atom stereocenters. The Morgan fingerprint density at radius 3 is 2.48 bits per heavy atom. The largest absolute Gasteiger partial charge is 0.619 e. The number of carbonyl (C=O) groups excluding carboxylic acids is 1. The Hall–Kier alpha value is -1.62. The summed E-state index contributed by atoms with van der Waals surface area (Å²) in [6, 6.07) is 4.08. The van der Waals surface area contributed by atoms with Crippen LogP contribution in [0.25, 0.3) is 0 Å². The predicted molar refractivity (Wildman–Crippen MR) is 89.0 cm³/mol. The van der Waals surface area contributed by atoms with Gasteiger partial charge in [-0.1, -0.05) is 25.7 Å². The minimum Gasteiger partial charge on any atom is -0.619 e. The molecule has 1 N–H and O–H groups in total. The maximum Gasteiger partial charge on any atom is 0.251 e. The van der Waals surface area contributed by atoms with E-state index >= 15 is 0 Å². The molecule has 1 amide bonds. The zero-order chi connectivity index (χ0) is 16.1. The Kier molecular flexibility index (Phi) is 5.49. The van der Waals surface area contributed by atoms with Gasteiger partial charge in [-0.2, -0.15) is 4.73 Å². The Morgan fingerprint density at radius 2 is 1.78 bits per heavy atom. The third-order valence-electron chi connectivity index (χ3n) is 5.19. The second-order valence-corrected chi connectivity index (χ2v) is 6.90. The number of nitrogens with one attached hydrogen (secondary N) is 1. The van der Waals surface area contributed by atoms with Crippen molar-refractivity contribution in [2.24, 2.45) is 0 Å². The molecule has 0 aromatic carbocycles. The lowest BCUT2D eigenvalue weighted by Gasteiger charge is -2.38. The summed E-state index contributed by atoms with van der Waals surface area (Å²) in [4.78, 5) is 14.9. The molecule has 0 unspecified atom stereocenters. The predicted octanol–water partition coefficient (Wildman–Crippen LogP) is 2.24. The quantitative estimate of drug-likeness (QED) is 0.528. The summed E-state index contributed by atoms with van der Waals surface area (Å²) in [7, 11) is 0. The van der Waals surface area contributed by atoms with Crippen LogP contribution in [0.1, 0.15) is 61.7 Å². The standard InChI is InChI=1S/C18H27N3O2/c22-18(15-9-12-21(23)13-10-15)19-16-6-5-11-20(14-16)17-7-3-1-2-4-8-17/h9-10,12-13,16-17H,1-8,11,14H2,(H,19,22)/t16-/m1/s1. The number of piperidine rings is 1. The van der Waals surface area contributed by atoms with Crippen LogP contribution in [0.15, 0.2) is 24.5 Å². The van der Waals surface area contributed by atoms with E-state index in [1.807, 2.05) is 0 Å². The van der Waals surface area contributed by atoms with Crippen molar-refractivity contribution in [3.05, 3.63) is 35.3 Å². The van der Waals surface area contributed by atoms with Crippen molar-refractivity contribution < 1.29 is 9.52 Å². The Bertz CT molecular complexity index is 510. The third kappa shape index (κ3) is 4.44. The summed E-state index contributed by atoms with van der Waals surface area (Å²) in [6.45, 7) is 2.13. The normalized spacial score (nSPS) is 24.1. The average Bonchev–Trinajstić information content (AvgIpc) is 2.85. The maximum absolute atomic E-state index is 12.3. The number of carbonyl (C=O) groups is 1. The van der Waals surface area contributed by atoms with Crippen LogP contribution < -0.4 is 10.0 Å². The van der Waals surface area contributed by atoms with Gasteiger partial charge in [0.1, 0.15) is 0 Å². The first kappa shape index (κ1) is 16.2. The molecule has 2 heterocycles. The van der Waals surface area contributed by atoms with Gasteiger partial charge in [-0.25, -0.2) is 0 Å². The van der Waals surface area contributed by atoms with Crippen LogP contribution >= 0.6 is 0 Å². The summed E-state index contributed by atoms with van der Waals surface area (Å²) in [5.41, 5.74) is 0.559. The summed E-state index contributed by atoms with van der Waals surface area (Å²) in [5, 5.41) is 14.2. The Morgan fingerprint density at radius 1 is 1.09 bits per heavy atom. The van der Waals surface area contributed by atoms with Crippen molar-refractivity contribution in [2.75, 3.05) is 13.1 Å². The number of amides is 1. The number of rotatable bonds is 3. The molecular formula is C18H27N3O2. The van der Waals surface area contributed by atoms with Gasteiger partial charge in [0.25, 0.3) is 5.91 Å². The smallest absolute Gasteiger partial charge is 0.251 e. The van der Waals surface area contributed by atoms with Crippen molar-refractivity contribution >= 4 is 5.91 Å². The molecule has 1 aromatic rings. The minimum absolute atomic E-state index is 0.0710. The Balaban J connectivity index is 1.55. The van der Waals surface area contributed by atoms with Gasteiger partial charge < -0.3 is 10.5 Å². The highest BCUT2D eigenvalue weighted by Crippen LogP contribution is 2.24. The van der Waals surface area contributed by atoms with Crippen LogP contribution in [0.5, 0.6) is 0 Å². The van der Waals surface area contributed by atoms with Crippen LogP contribution in [-0.2, 0) is 0 Å². The molecule has 5 heteroatoms. The van der Waals surface area contributed by atoms with Crippen molar-refractivity contribution in [3.8, 4) is 0 Å². The molecule has 0 bridgehead atoms. The van der Waals surface area contributed by atoms with Gasteiger partial charge in [-0.15, -0.1) is 0 Å². The SMILES string of the molecule is O=C(N[C@@H]1CCCN(C2CCCCCC2)C1)c1cc[n+]([O-])cc1. The fourth-order valence-electron chi connectivity index (χ4n) is 3.91. The molecule has 1 aliphatic carbocycles. The van der Waals surface area contributed by atoms with Gasteiger partial charge in [0.15, 0.2) is 12.4 Å². The van der Waals surface area contributed by atoms with Crippen molar-refractivity contribution in [1.82, 2.24) is 10.2 Å². The zero-order valence-corrected chi connectivity index (χ0v) is 13.7. The van der Waals surface area contributed by atoms with Gasteiger partial charge in [0, 0.05) is 30.8 Å². The van der Waals surface area contributed by atoms with Crippen molar-refractivity contribution in [1.29, 1.82) is 0 Å². The van der Waals surface area contributed by atoms with Crippen molar-refractivity contribution in [2.45, 2.75) is 63.5 Å². The fraction of sp³-hybridized carbons (Fsp3) is 0.667. The maximum atomic E-state index is 12.3. The van der Waals surface area contributed by atoms with Crippen LogP contribution in [0, 0.1) is 5.21 Å². The number of nitrogens with zero attached hydrogens (tertiary/aromatic N) is 2. The molecular weight excluding hydrogens is 290 g/mol. The summed E-state index contributed by atoms with van der Waals surface area (Å²) < 4.78 is 0.700. The average molecular weight is 317 g/mol. The first-order chi connectivity index (χ1) is 11.2. The lowest BCUT2D eigenvalue weighted by atomic mass is 9.99. The van der Waals surface area contributed by atoms with E-state index in [-0.39, 0.29) is 11.9 Å². The molecule has 5 nitrogen and oxygen atoms in total. The second kappa shape index (κ2) is 7.77. The minimum atomic E-state index is -0.0710. The first-order valence-electron chi connectivity index (χ1n) is 8.96. The highest BCUT2D eigenvalue weighted by Gasteiger charge is 2.27. The van der Waals surface area contributed by atoms with Gasteiger partial charge in [0.2, 0.25) is 0 Å². The first-order valence-corrected chi connectivity index (χ1v) is 8.96. The monoisotopic (exact) mass is 317 g/mol. The fourth-order valence-corrected chi connectivity index (χ4v) is 3.91. The van der Waals surface area contributed by atoms with Gasteiger partial charge >= 0.3 is 0 Å². The van der Waals surface area contributed by atoms with E-state index in [4.69, 9.17) is 0 Å². The van der Waals surface area contributed by atoms with Crippen LogP contribution in [0.3, 0.4) is 0 Å². The lowest BCUT2D eigenvalue weighted by Crippen LogP contribution is -2.51. The molecule has 1 saturated heterocycles. The van der Waals surface area contributed by atoms with Crippen LogP contribution in [0.4, 0.5) is 0 Å². The highest BCUT2D eigenvalue weighted by atomic mass is 16.5. The van der Waals surface area contributed by atoms with Gasteiger partial charge in [-0.3, -0.25) is 9.69 Å². The van der Waals surface area contributed by atoms with E-state index in [1.54, 1.807) is 12.1 Å². The third-order valence-corrected chi connectivity index (χ3v) is 5.19. The number of aromatic nitrogens is 1. The van der Waals surface area contributed by atoms with Gasteiger partial charge in [-0.05, 0) is 32.2 Å². The van der Waals surface area contributed by atoms with Crippen molar-refractivity contribution in [3.63, 3.8) is 0 Å². The number of likely N-dealkylation sites (tertiary alicyclic amines) is 1. The molecule has 1 aromatic heterocycles. The molecule has 1 aliphatic heterocycles. The van der Waals surface area contributed by atoms with E-state index in [0.29, 0.717) is 16.3 Å². The second-order valence-electron chi connectivity index (χ2n) is 6.90. The summed E-state index contributed by atoms with van der Waals surface area (Å²) in [5.74, 6) is -0.0710. The van der Waals surface area contributed by atoms with E-state index in [2.05, 4.69) is 10.2 Å². The lowest BCUT2D eigenvalue weighted by molar-refractivity contribution is -0.605. The van der Waals surface area contributed by atoms with Crippen LogP contribution in [0.2, 0.25) is 0 Å². The van der Waals surface area contributed by atoms with Crippen LogP contribution in [-0.4, -0.2) is 36.0 Å². The molecule has 2 aliphatic rings. The van der Waals surface area contributed by atoms with E-state index in [0.717, 1.165) is 19.4 Å².